The number of aromatic nitrogens is 4. The molecule has 1 N–H and O–H groups in total. The smallest absolute Gasteiger partial charge is 0.227 e. The minimum absolute atomic E-state index is 0.00510. The number of fused-ring (bicyclic) bond motifs is 1. The minimum Gasteiger partial charge on any atom is -0.372 e. The molecule has 2 aromatic heterocycles. The van der Waals surface area contributed by atoms with E-state index in [1.54, 1.807) is 10.8 Å². The van der Waals surface area contributed by atoms with Gasteiger partial charge in [0.1, 0.15) is 12.1 Å². The van der Waals surface area contributed by atoms with E-state index >= 15 is 0 Å². The first-order valence-corrected chi connectivity index (χ1v) is 11.3. The molecule has 2 atom stereocenters. The first-order chi connectivity index (χ1) is 15.5. The maximum Gasteiger partial charge on any atom is 0.227 e. The molecule has 9 nitrogen and oxygen atoms in total. The Bertz CT molecular complexity index is 1070. The fourth-order valence-electron chi connectivity index (χ4n) is 4.65. The van der Waals surface area contributed by atoms with Crippen LogP contribution in [-0.2, 0) is 9.53 Å². The summed E-state index contributed by atoms with van der Waals surface area (Å²) in [6, 6.07) is 12.0. The number of hydrogen-bond acceptors (Lipinski definition) is 7. The van der Waals surface area contributed by atoms with E-state index in [0.29, 0.717) is 0 Å². The number of hydrogen-bond donors (Lipinski definition) is 1. The first-order valence-electron chi connectivity index (χ1n) is 11.3. The number of amides is 1. The monoisotopic (exact) mass is 435 g/mol. The number of ether oxygens (including phenoxy) is 1. The van der Waals surface area contributed by atoms with Gasteiger partial charge in [0.15, 0.2) is 5.65 Å². The number of nitrogens with one attached hydrogen (secondary N) is 1. The van der Waals surface area contributed by atoms with Gasteiger partial charge in [0.05, 0.1) is 12.2 Å². The maximum atomic E-state index is 12.8. The zero-order valence-electron chi connectivity index (χ0n) is 18.5. The van der Waals surface area contributed by atoms with Crippen LogP contribution < -0.4 is 15.1 Å². The zero-order chi connectivity index (χ0) is 22.1. The van der Waals surface area contributed by atoms with Crippen LogP contribution in [0.15, 0.2) is 42.7 Å². The SMILES string of the molecule is CC1CN(c2ccc(NC(=O)C3CCN(c4ccc5nncn5n4)CC3)cc2)CC(C)O1. The molecule has 4 heterocycles. The Kier molecular flexibility index (Phi) is 5.65. The van der Waals surface area contributed by atoms with Crippen molar-refractivity contribution in [3.05, 3.63) is 42.7 Å². The molecule has 1 aromatic carbocycles. The van der Waals surface area contributed by atoms with Crippen LogP contribution in [0.3, 0.4) is 0 Å². The second-order valence-electron chi connectivity index (χ2n) is 8.78. The number of carbonyl (C=O) groups excluding carboxylic acids is 1. The molecule has 2 saturated heterocycles. The van der Waals surface area contributed by atoms with E-state index in [9.17, 15) is 4.79 Å². The summed E-state index contributed by atoms with van der Waals surface area (Å²) in [5.41, 5.74) is 2.73. The van der Waals surface area contributed by atoms with Crippen molar-refractivity contribution in [1.82, 2.24) is 19.8 Å². The van der Waals surface area contributed by atoms with Crippen molar-refractivity contribution in [2.75, 3.05) is 41.3 Å². The Hall–Kier alpha value is -3.20. The van der Waals surface area contributed by atoms with Gasteiger partial charge in [0.25, 0.3) is 0 Å². The summed E-state index contributed by atoms with van der Waals surface area (Å²) >= 11 is 0. The second-order valence-corrected chi connectivity index (χ2v) is 8.78. The summed E-state index contributed by atoms with van der Waals surface area (Å²) in [4.78, 5) is 17.4. The molecule has 9 heteroatoms. The van der Waals surface area contributed by atoms with Crippen molar-refractivity contribution in [2.24, 2.45) is 5.92 Å². The molecule has 2 unspecified atom stereocenters. The lowest BCUT2D eigenvalue weighted by Gasteiger charge is -2.37. The molecule has 0 bridgehead atoms. The topological polar surface area (TPSA) is 87.9 Å². The highest BCUT2D eigenvalue weighted by atomic mass is 16.5. The highest BCUT2D eigenvalue weighted by Gasteiger charge is 2.26. The van der Waals surface area contributed by atoms with Crippen molar-refractivity contribution >= 4 is 28.7 Å². The van der Waals surface area contributed by atoms with Gasteiger partial charge in [-0.15, -0.1) is 15.3 Å². The predicted molar refractivity (Wildman–Crippen MR) is 123 cm³/mol. The lowest BCUT2D eigenvalue weighted by atomic mass is 9.96. The molecule has 3 aromatic rings. The fraction of sp³-hybridized carbons (Fsp3) is 0.478. The molecule has 0 saturated carbocycles. The van der Waals surface area contributed by atoms with E-state index in [4.69, 9.17) is 4.74 Å². The van der Waals surface area contributed by atoms with Gasteiger partial charge in [0, 0.05) is 43.5 Å². The molecule has 2 fully saturated rings. The van der Waals surface area contributed by atoms with Crippen LogP contribution in [-0.4, -0.2) is 64.1 Å². The molecule has 32 heavy (non-hydrogen) atoms. The molecule has 0 radical (unpaired) electrons. The molecule has 0 spiro atoms. The predicted octanol–water partition coefficient (Wildman–Crippen LogP) is 2.59. The van der Waals surface area contributed by atoms with Crippen LogP contribution in [0.1, 0.15) is 26.7 Å². The maximum absolute atomic E-state index is 12.8. The average molecular weight is 436 g/mol. The van der Waals surface area contributed by atoms with Crippen molar-refractivity contribution in [3.8, 4) is 0 Å². The van der Waals surface area contributed by atoms with Gasteiger partial charge in [-0.3, -0.25) is 4.79 Å². The van der Waals surface area contributed by atoms with Crippen LogP contribution in [0.5, 0.6) is 0 Å². The molecule has 168 valence electrons. The van der Waals surface area contributed by atoms with E-state index in [0.717, 1.165) is 61.9 Å². The van der Waals surface area contributed by atoms with Crippen molar-refractivity contribution in [3.63, 3.8) is 0 Å². The Morgan fingerprint density at radius 2 is 1.72 bits per heavy atom. The van der Waals surface area contributed by atoms with Crippen molar-refractivity contribution < 1.29 is 9.53 Å². The Balaban J connectivity index is 1.15. The van der Waals surface area contributed by atoms with Crippen LogP contribution in [0.4, 0.5) is 17.2 Å². The zero-order valence-corrected chi connectivity index (χ0v) is 18.5. The van der Waals surface area contributed by atoms with Crippen LogP contribution in [0.2, 0.25) is 0 Å². The summed E-state index contributed by atoms with van der Waals surface area (Å²) in [6.45, 7) is 7.56. The Morgan fingerprint density at radius 1 is 1.00 bits per heavy atom. The number of nitrogens with zero attached hydrogens (tertiary/aromatic N) is 6. The lowest BCUT2D eigenvalue weighted by Crippen LogP contribution is -2.45. The third-order valence-corrected chi connectivity index (χ3v) is 6.26. The van der Waals surface area contributed by atoms with E-state index in [2.05, 4.69) is 56.4 Å². The molecule has 2 aliphatic heterocycles. The largest absolute Gasteiger partial charge is 0.372 e. The summed E-state index contributed by atoms with van der Waals surface area (Å²) in [6.07, 6.45) is 3.64. The third kappa shape index (κ3) is 4.38. The lowest BCUT2D eigenvalue weighted by molar-refractivity contribution is -0.120. The highest BCUT2D eigenvalue weighted by molar-refractivity contribution is 5.92. The average Bonchev–Trinajstić information content (AvgIpc) is 3.27. The van der Waals surface area contributed by atoms with Gasteiger partial charge in [-0.1, -0.05) is 0 Å². The highest BCUT2D eigenvalue weighted by Crippen LogP contribution is 2.25. The van der Waals surface area contributed by atoms with Crippen molar-refractivity contribution in [1.29, 1.82) is 0 Å². The Morgan fingerprint density at radius 3 is 2.44 bits per heavy atom. The van der Waals surface area contributed by atoms with Crippen LogP contribution in [0.25, 0.3) is 5.65 Å². The van der Waals surface area contributed by atoms with E-state index in [1.165, 1.54) is 0 Å². The number of rotatable bonds is 4. The Labute approximate surface area is 187 Å². The van der Waals surface area contributed by atoms with Crippen LogP contribution in [0, 0.1) is 5.92 Å². The van der Waals surface area contributed by atoms with Crippen molar-refractivity contribution in [2.45, 2.75) is 38.9 Å². The van der Waals surface area contributed by atoms with E-state index < -0.39 is 0 Å². The standard InChI is InChI=1S/C23H29N7O2/c1-16-13-29(14-17(2)32-16)20-5-3-19(4-6-20)25-23(31)18-9-11-28(12-10-18)22-8-7-21-26-24-15-30(21)27-22/h3-8,15-18H,9-14H2,1-2H3,(H,25,31). The van der Waals surface area contributed by atoms with E-state index in [1.807, 2.05) is 24.3 Å². The number of morpholine rings is 1. The third-order valence-electron chi connectivity index (χ3n) is 6.26. The van der Waals surface area contributed by atoms with Gasteiger partial charge in [-0.25, -0.2) is 0 Å². The molecule has 5 rings (SSSR count). The molecular formula is C23H29N7O2. The van der Waals surface area contributed by atoms with Gasteiger partial charge in [-0.05, 0) is 63.1 Å². The number of benzene rings is 1. The van der Waals surface area contributed by atoms with Gasteiger partial charge >= 0.3 is 0 Å². The first kappa shape index (κ1) is 20.7. The molecular weight excluding hydrogens is 406 g/mol. The number of anilines is 3. The normalized spacial score (nSPS) is 22.3. The fourth-order valence-corrected chi connectivity index (χ4v) is 4.65. The van der Waals surface area contributed by atoms with Gasteiger partial charge in [-0.2, -0.15) is 4.52 Å². The summed E-state index contributed by atoms with van der Waals surface area (Å²) in [7, 11) is 0. The molecule has 0 aliphatic carbocycles. The molecule has 1 amide bonds. The summed E-state index contributed by atoms with van der Waals surface area (Å²) in [5.74, 6) is 0.984. The second kappa shape index (κ2) is 8.74. The number of carbonyl (C=O) groups is 1. The quantitative estimate of drug-likeness (QED) is 0.674. The van der Waals surface area contributed by atoms with Gasteiger partial charge in [0.2, 0.25) is 5.91 Å². The minimum atomic E-state index is 0.00510. The molecule has 2 aliphatic rings. The van der Waals surface area contributed by atoms with Crippen LogP contribution >= 0.6 is 0 Å². The number of piperidine rings is 1. The summed E-state index contributed by atoms with van der Waals surface area (Å²) in [5, 5.41) is 15.5. The van der Waals surface area contributed by atoms with E-state index in [-0.39, 0.29) is 24.0 Å². The van der Waals surface area contributed by atoms with Gasteiger partial charge < -0.3 is 19.9 Å². The summed E-state index contributed by atoms with van der Waals surface area (Å²) < 4.78 is 7.50.